The molecule has 3 aliphatic rings. The average Bonchev–Trinajstić information content (AvgIpc) is 3.40. The summed E-state index contributed by atoms with van der Waals surface area (Å²) in [5.41, 5.74) is 5.23. The Balaban J connectivity index is 1.58. The standard InChI is InChI=1S/C29H29NO/c1-3-11-22(12-4-1)26-21-27(24-14-5-2-6-15-24)31-29(30-19-9-10-20-30)18-17-23-13-7-8-16-25(23)28(26)29/h1-8,11-16,21,26,28H,9-10,17-20H2. The van der Waals surface area contributed by atoms with Gasteiger partial charge in [0.05, 0.1) is 0 Å². The molecule has 6 rings (SSSR count). The van der Waals surface area contributed by atoms with E-state index in [1.54, 1.807) is 0 Å². The zero-order valence-electron chi connectivity index (χ0n) is 17.9. The summed E-state index contributed by atoms with van der Waals surface area (Å²) < 4.78 is 7.14. The zero-order valence-corrected chi connectivity index (χ0v) is 17.9. The molecule has 0 aromatic heterocycles. The molecule has 156 valence electrons. The molecule has 0 N–H and O–H groups in total. The third-order valence-corrected chi connectivity index (χ3v) is 7.49. The second-order valence-electron chi connectivity index (χ2n) is 9.15. The molecule has 1 aliphatic carbocycles. The van der Waals surface area contributed by atoms with E-state index in [9.17, 15) is 0 Å². The lowest BCUT2D eigenvalue weighted by Gasteiger charge is -2.54. The molecule has 31 heavy (non-hydrogen) atoms. The Bertz CT molecular complexity index is 1080. The average molecular weight is 408 g/mol. The Hall–Kier alpha value is -2.84. The minimum atomic E-state index is -0.286. The van der Waals surface area contributed by atoms with Gasteiger partial charge in [-0.3, -0.25) is 4.90 Å². The fourth-order valence-corrected chi connectivity index (χ4v) is 6.09. The van der Waals surface area contributed by atoms with Crippen LogP contribution in [-0.4, -0.2) is 23.7 Å². The van der Waals surface area contributed by atoms with Crippen LogP contribution in [0, 0.1) is 0 Å². The van der Waals surface area contributed by atoms with Crippen molar-refractivity contribution in [1.82, 2.24) is 4.90 Å². The molecule has 2 nitrogen and oxygen atoms in total. The highest BCUT2D eigenvalue weighted by molar-refractivity contribution is 5.64. The van der Waals surface area contributed by atoms with Gasteiger partial charge < -0.3 is 4.74 Å². The van der Waals surface area contributed by atoms with Crippen molar-refractivity contribution in [3.63, 3.8) is 0 Å². The first kappa shape index (κ1) is 18.9. The van der Waals surface area contributed by atoms with Crippen LogP contribution in [0.1, 0.15) is 53.4 Å². The number of benzene rings is 3. The molecule has 1 saturated heterocycles. The highest BCUT2D eigenvalue weighted by Gasteiger charge is 2.55. The number of rotatable bonds is 3. The third kappa shape index (κ3) is 3.13. The van der Waals surface area contributed by atoms with Gasteiger partial charge in [0.2, 0.25) is 0 Å². The van der Waals surface area contributed by atoms with Crippen molar-refractivity contribution in [2.75, 3.05) is 13.1 Å². The highest BCUT2D eigenvalue weighted by Crippen LogP contribution is 2.56. The molecule has 3 atom stereocenters. The van der Waals surface area contributed by atoms with Gasteiger partial charge in [-0.05, 0) is 42.0 Å². The maximum atomic E-state index is 7.14. The number of aryl methyl sites for hydroxylation is 1. The maximum absolute atomic E-state index is 7.14. The Labute approximate surface area is 185 Å². The number of hydrogen-bond acceptors (Lipinski definition) is 2. The van der Waals surface area contributed by atoms with E-state index in [0.29, 0.717) is 5.92 Å². The number of allylic oxidation sites excluding steroid dienone is 1. The minimum Gasteiger partial charge on any atom is -0.472 e. The fourth-order valence-electron chi connectivity index (χ4n) is 6.09. The van der Waals surface area contributed by atoms with Crippen molar-refractivity contribution < 1.29 is 4.74 Å². The van der Waals surface area contributed by atoms with Gasteiger partial charge in [-0.2, -0.15) is 0 Å². The van der Waals surface area contributed by atoms with E-state index in [2.05, 4.69) is 95.9 Å². The second kappa shape index (κ2) is 7.69. The summed E-state index contributed by atoms with van der Waals surface area (Å²) in [5, 5.41) is 0. The third-order valence-electron chi connectivity index (χ3n) is 7.49. The normalized spacial score (nSPS) is 27.7. The number of ether oxygens (including phenoxy) is 1. The van der Waals surface area contributed by atoms with E-state index in [4.69, 9.17) is 4.74 Å². The summed E-state index contributed by atoms with van der Waals surface area (Å²) in [6.45, 7) is 2.25. The molecule has 2 heterocycles. The molecule has 1 fully saturated rings. The van der Waals surface area contributed by atoms with Crippen molar-refractivity contribution >= 4 is 5.76 Å². The Morgan fingerprint density at radius 1 is 0.774 bits per heavy atom. The topological polar surface area (TPSA) is 12.5 Å². The first-order valence-electron chi connectivity index (χ1n) is 11.7. The van der Waals surface area contributed by atoms with Crippen LogP contribution in [0.5, 0.6) is 0 Å². The van der Waals surface area contributed by atoms with Crippen molar-refractivity contribution in [1.29, 1.82) is 0 Å². The summed E-state index contributed by atoms with van der Waals surface area (Å²) >= 11 is 0. The van der Waals surface area contributed by atoms with Crippen LogP contribution in [0.2, 0.25) is 0 Å². The molecule has 0 saturated carbocycles. The molecule has 3 aromatic carbocycles. The highest BCUT2D eigenvalue weighted by atomic mass is 16.5. The molecule has 3 unspecified atom stereocenters. The SMILES string of the molecule is C1=C(c2ccccc2)OC2(N3CCCC3)CCc3ccccc3C2C1c1ccccc1. The smallest absolute Gasteiger partial charge is 0.171 e. The minimum absolute atomic E-state index is 0.284. The molecule has 3 aromatic rings. The number of fused-ring (bicyclic) bond motifs is 3. The molecule has 0 bridgehead atoms. The van der Waals surface area contributed by atoms with Crippen molar-refractivity contribution in [3.05, 3.63) is 113 Å². The molecule has 2 aliphatic heterocycles. The largest absolute Gasteiger partial charge is 0.472 e. The number of likely N-dealkylation sites (tertiary alicyclic amines) is 1. The van der Waals surface area contributed by atoms with Crippen LogP contribution in [0.4, 0.5) is 0 Å². The van der Waals surface area contributed by atoms with Gasteiger partial charge in [0, 0.05) is 36.9 Å². The van der Waals surface area contributed by atoms with E-state index in [-0.39, 0.29) is 11.6 Å². The molecule has 0 spiro atoms. The zero-order chi connectivity index (χ0) is 20.7. The van der Waals surface area contributed by atoms with Crippen LogP contribution >= 0.6 is 0 Å². The van der Waals surface area contributed by atoms with Crippen molar-refractivity contribution in [2.24, 2.45) is 0 Å². The van der Waals surface area contributed by atoms with E-state index < -0.39 is 0 Å². The van der Waals surface area contributed by atoms with Gasteiger partial charge in [-0.15, -0.1) is 0 Å². The van der Waals surface area contributed by atoms with E-state index in [0.717, 1.165) is 31.7 Å². The van der Waals surface area contributed by atoms with Gasteiger partial charge in [0.25, 0.3) is 0 Å². The van der Waals surface area contributed by atoms with E-state index in [1.807, 2.05) is 0 Å². The van der Waals surface area contributed by atoms with Gasteiger partial charge in [0.15, 0.2) is 5.72 Å². The van der Waals surface area contributed by atoms with Crippen LogP contribution in [0.25, 0.3) is 5.76 Å². The lowest BCUT2D eigenvalue weighted by atomic mass is 9.66. The Kier molecular flexibility index (Phi) is 4.69. The lowest BCUT2D eigenvalue weighted by molar-refractivity contribution is -0.135. The predicted octanol–water partition coefficient (Wildman–Crippen LogP) is 6.36. The van der Waals surface area contributed by atoms with Gasteiger partial charge in [-0.1, -0.05) is 84.9 Å². The number of hydrogen-bond donors (Lipinski definition) is 0. The van der Waals surface area contributed by atoms with Crippen molar-refractivity contribution in [3.8, 4) is 0 Å². The number of nitrogens with zero attached hydrogens (tertiary/aromatic N) is 1. The summed E-state index contributed by atoms with van der Waals surface area (Å²) in [7, 11) is 0. The Morgan fingerprint density at radius 2 is 1.45 bits per heavy atom. The summed E-state index contributed by atoms with van der Waals surface area (Å²) in [4.78, 5) is 2.67. The quantitative estimate of drug-likeness (QED) is 0.501. The fraction of sp³-hybridized carbons (Fsp3) is 0.310. The summed E-state index contributed by atoms with van der Waals surface area (Å²) in [5.74, 6) is 1.62. The summed E-state index contributed by atoms with van der Waals surface area (Å²) in [6, 6.07) is 30.8. The van der Waals surface area contributed by atoms with Crippen LogP contribution in [-0.2, 0) is 11.2 Å². The van der Waals surface area contributed by atoms with E-state index >= 15 is 0 Å². The maximum Gasteiger partial charge on any atom is 0.171 e. The van der Waals surface area contributed by atoms with Crippen LogP contribution in [0.3, 0.4) is 0 Å². The second-order valence-corrected chi connectivity index (χ2v) is 9.15. The molecule has 2 heteroatoms. The first-order valence-corrected chi connectivity index (χ1v) is 11.7. The molecule has 0 radical (unpaired) electrons. The Morgan fingerprint density at radius 3 is 2.23 bits per heavy atom. The van der Waals surface area contributed by atoms with E-state index in [1.165, 1.54) is 35.1 Å². The molecular formula is C29H29NO. The summed E-state index contributed by atoms with van der Waals surface area (Å²) in [6.07, 6.45) is 7.04. The molecule has 0 amide bonds. The molecular weight excluding hydrogens is 378 g/mol. The van der Waals surface area contributed by atoms with Crippen LogP contribution in [0.15, 0.2) is 91.0 Å². The predicted molar refractivity (Wildman–Crippen MR) is 126 cm³/mol. The van der Waals surface area contributed by atoms with Crippen LogP contribution < -0.4 is 0 Å². The monoisotopic (exact) mass is 407 g/mol. The lowest BCUT2D eigenvalue weighted by Crippen LogP contribution is -2.58. The van der Waals surface area contributed by atoms with Gasteiger partial charge in [-0.25, -0.2) is 0 Å². The first-order chi connectivity index (χ1) is 15.4. The van der Waals surface area contributed by atoms with Gasteiger partial charge >= 0.3 is 0 Å². The van der Waals surface area contributed by atoms with Gasteiger partial charge in [0.1, 0.15) is 5.76 Å². The van der Waals surface area contributed by atoms with Crippen molar-refractivity contribution in [2.45, 2.75) is 43.2 Å².